The number of hydrogen-bond donors (Lipinski definition) is 1. The van der Waals surface area contributed by atoms with Crippen LogP contribution in [0.4, 0.5) is 5.69 Å². The summed E-state index contributed by atoms with van der Waals surface area (Å²) in [6.07, 6.45) is 1.93. The minimum Gasteiger partial charge on any atom is -0.497 e. The first-order valence-corrected chi connectivity index (χ1v) is 14.1. The minimum absolute atomic E-state index is 0.0646. The third-order valence-corrected chi connectivity index (χ3v) is 7.02. The van der Waals surface area contributed by atoms with Crippen molar-refractivity contribution in [2.45, 2.75) is 58.7 Å². The summed E-state index contributed by atoms with van der Waals surface area (Å²) < 4.78 is 31.4. The predicted octanol–water partition coefficient (Wildman–Crippen LogP) is 4.23. The van der Waals surface area contributed by atoms with Crippen molar-refractivity contribution >= 4 is 39.1 Å². The monoisotopic (exact) mass is 537 g/mol. The lowest BCUT2D eigenvalue weighted by molar-refractivity contribution is -0.141. The van der Waals surface area contributed by atoms with Crippen LogP contribution in [0.5, 0.6) is 5.75 Å². The number of anilines is 1. The molecule has 8 nitrogen and oxygen atoms in total. The van der Waals surface area contributed by atoms with E-state index in [1.54, 1.807) is 41.3 Å². The standard InChI is InChI=1S/C26H36ClN3O5S/c1-6-24(26(32)28-19(2)3)29(18-20-12-14-21(27)15-13-20)25(31)11-8-16-30(36(5,33)34)22-9-7-10-23(17-22)35-4/h7,9-10,12-15,17,19,24H,6,8,11,16,18H2,1-5H3,(H,28,32)/t24-/m0/s1. The second-order valence-corrected chi connectivity index (χ2v) is 11.2. The number of sulfonamides is 1. The van der Waals surface area contributed by atoms with Crippen LogP contribution in [0.1, 0.15) is 45.6 Å². The van der Waals surface area contributed by atoms with Gasteiger partial charge in [-0.05, 0) is 56.5 Å². The molecule has 198 valence electrons. The van der Waals surface area contributed by atoms with E-state index in [2.05, 4.69) is 5.32 Å². The zero-order valence-corrected chi connectivity index (χ0v) is 23.1. The number of rotatable bonds is 13. The van der Waals surface area contributed by atoms with Crippen LogP contribution in [0.2, 0.25) is 5.02 Å². The number of nitrogens with one attached hydrogen (secondary N) is 1. The topological polar surface area (TPSA) is 96.0 Å². The molecule has 2 aromatic rings. The van der Waals surface area contributed by atoms with E-state index in [9.17, 15) is 18.0 Å². The smallest absolute Gasteiger partial charge is 0.243 e. The van der Waals surface area contributed by atoms with Crippen molar-refractivity contribution in [2.75, 3.05) is 24.2 Å². The largest absolute Gasteiger partial charge is 0.497 e. The molecule has 2 aromatic carbocycles. The number of amides is 2. The summed E-state index contributed by atoms with van der Waals surface area (Å²) in [6.45, 7) is 5.96. The average Bonchev–Trinajstić information content (AvgIpc) is 2.81. The maximum atomic E-state index is 13.4. The van der Waals surface area contributed by atoms with Crippen LogP contribution in [0.3, 0.4) is 0 Å². The summed E-state index contributed by atoms with van der Waals surface area (Å²) in [5.74, 6) is 0.0899. The van der Waals surface area contributed by atoms with Gasteiger partial charge in [-0.15, -0.1) is 0 Å². The second kappa shape index (κ2) is 13.5. The van der Waals surface area contributed by atoms with E-state index in [4.69, 9.17) is 16.3 Å². The molecule has 0 aromatic heterocycles. The van der Waals surface area contributed by atoms with Gasteiger partial charge in [0, 0.05) is 36.6 Å². The highest BCUT2D eigenvalue weighted by Gasteiger charge is 2.29. The molecule has 0 saturated heterocycles. The van der Waals surface area contributed by atoms with E-state index >= 15 is 0 Å². The molecule has 0 bridgehead atoms. The van der Waals surface area contributed by atoms with Gasteiger partial charge in [-0.2, -0.15) is 0 Å². The lowest BCUT2D eigenvalue weighted by atomic mass is 10.1. The number of methoxy groups -OCH3 is 1. The molecule has 0 aliphatic rings. The zero-order valence-electron chi connectivity index (χ0n) is 21.5. The number of benzene rings is 2. The summed E-state index contributed by atoms with van der Waals surface area (Å²) >= 11 is 6.01. The zero-order chi connectivity index (χ0) is 26.9. The molecule has 0 saturated carbocycles. The summed E-state index contributed by atoms with van der Waals surface area (Å²) in [7, 11) is -2.07. The first-order chi connectivity index (χ1) is 17.0. The molecule has 36 heavy (non-hydrogen) atoms. The van der Waals surface area contributed by atoms with Gasteiger partial charge in [0.25, 0.3) is 0 Å². The highest BCUT2D eigenvalue weighted by molar-refractivity contribution is 7.92. The number of carbonyl (C=O) groups excluding carboxylic acids is 2. The molecule has 1 N–H and O–H groups in total. The van der Waals surface area contributed by atoms with E-state index in [0.717, 1.165) is 11.8 Å². The number of halogens is 1. The molecular weight excluding hydrogens is 502 g/mol. The molecule has 10 heteroatoms. The Hall–Kier alpha value is -2.78. The lowest BCUT2D eigenvalue weighted by Gasteiger charge is -2.31. The molecule has 0 fully saturated rings. The Morgan fingerprint density at radius 1 is 1.11 bits per heavy atom. The maximum Gasteiger partial charge on any atom is 0.243 e. The second-order valence-electron chi connectivity index (χ2n) is 8.88. The van der Waals surface area contributed by atoms with Gasteiger partial charge in [0.1, 0.15) is 11.8 Å². The quantitative estimate of drug-likeness (QED) is 0.412. The van der Waals surface area contributed by atoms with Crippen LogP contribution >= 0.6 is 11.6 Å². The van der Waals surface area contributed by atoms with E-state index in [1.807, 2.05) is 32.9 Å². The summed E-state index contributed by atoms with van der Waals surface area (Å²) in [5, 5.41) is 3.48. The number of nitrogens with zero attached hydrogens (tertiary/aromatic N) is 2. The Bertz CT molecular complexity index is 1120. The molecule has 0 aliphatic carbocycles. The Labute approximate surface area is 219 Å². The fourth-order valence-corrected chi connectivity index (χ4v) is 4.94. The molecular formula is C26H36ClN3O5S. The molecule has 0 heterocycles. The lowest BCUT2D eigenvalue weighted by Crippen LogP contribution is -2.50. The molecule has 0 spiro atoms. The van der Waals surface area contributed by atoms with E-state index in [-0.39, 0.29) is 43.8 Å². The van der Waals surface area contributed by atoms with Gasteiger partial charge in [-0.1, -0.05) is 36.7 Å². The maximum absolute atomic E-state index is 13.4. The first kappa shape index (κ1) is 29.5. The predicted molar refractivity (Wildman–Crippen MR) is 144 cm³/mol. The van der Waals surface area contributed by atoms with E-state index in [1.165, 1.54) is 11.4 Å². The number of hydrogen-bond acceptors (Lipinski definition) is 5. The highest BCUT2D eigenvalue weighted by Crippen LogP contribution is 2.24. The fraction of sp³-hybridized carbons (Fsp3) is 0.462. The Balaban J connectivity index is 2.22. The van der Waals surface area contributed by atoms with Crippen LogP contribution in [0.25, 0.3) is 0 Å². The summed E-state index contributed by atoms with van der Waals surface area (Å²) in [5.41, 5.74) is 1.31. The Kier molecular flexibility index (Phi) is 11.0. The van der Waals surface area contributed by atoms with Gasteiger partial charge in [0.2, 0.25) is 21.8 Å². The van der Waals surface area contributed by atoms with Crippen LogP contribution < -0.4 is 14.4 Å². The van der Waals surface area contributed by atoms with Crippen LogP contribution in [-0.2, 0) is 26.2 Å². The van der Waals surface area contributed by atoms with Crippen molar-refractivity contribution in [1.29, 1.82) is 0 Å². The van der Waals surface area contributed by atoms with Crippen LogP contribution in [0, 0.1) is 0 Å². The van der Waals surface area contributed by atoms with Crippen LogP contribution in [-0.4, -0.2) is 57.1 Å². The summed E-state index contributed by atoms with van der Waals surface area (Å²) in [4.78, 5) is 27.9. The van der Waals surface area contributed by atoms with Gasteiger partial charge in [0.15, 0.2) is 0 Å². The molecule has 2 amide bonds. The van der Waals surface area contributed by atoms with Gasteiger partial charge in [-0.25, -0.2) is 8.42 Å². The molecule has 2 rings (SSSR count). The minimum atomic E-state index is -3.59. The summed E-state index contributed by atoms with van der Waals surface area (Å²) in [6, 6.07) is 13.2. The van der Waals surface area contributed by atoms with Crippen molar-refractivity contribution in [3.05, 3.63) is 59.1 Å². The average molecular weight is 538 g/mol. The van der Waals surface area contributed by atoms with Crippen LogP contribution in [0.15, 0.2) is 48.5 Å². The normalized spacial score (nSPS) is 12.2. The Morgan fingerprint density at radius 2 is 1.78 bits per heavy atom. The van der Waals surface area contributed by atoms with Gasteiger partial charge < -0.3 is 15.0 Å². The van der Waals surface area contributed by atoms with Gasteiger partial charge in [0.05, 0.1) is 19.1 Å². The number of carbonyl (C=O) groups is 2. The molecule has 0 aliphatic heterocycles. The fourth-order valence-electron chi connectivity index (χ4n) is 3.86. The highest BCUT2D eigenvalue weighted by atomic mass is 35.5. The van der Waals surface area contributed by atoms with Gasteiger partial charge in [-0.3, -0.25) is 13.9 Å². The molecule has 1 atom stereocenters. The number of ether oxygens (including phenoxy) is 1. The SMILES string of the molecule is CC[C@@H](C(=O)NC(C)C)N(Cc1ccc(Cl)cc1)C(=O)CCCN(c1cccc(OC)c1)S(C)(=O)=O. The third-order valence-electron chi connectivity index (χ3n) is 5.58. The van der Waals surface area contributed by atoms with Crippen molar-refractivity contribution in [1.82, 2.24) is 10.2 Å². The first-order valence-electron chi connectivity index (χ1n) is 11.9. The van der Waals surface area contributed by atoms with E-state index < -0.39 is 16.1 Å². The van der Waals surface area contributed by atoms with E-state index in [0.29, 0.717) is 22.9 Å². The molecule has 0 unspecified atom stereocenters. The molecule has 0 radical (unpaired) electrons. The van der Waals surface area contributed by atoms with Crippen molar-refractivity contribution in [3.63, 3.8) is 0 Å². The van der Waals surface area contributed by atoms with Crippen molar-refractivity contribution in [2.24, 2.45) is 0 Å². The third kappa shape index (κ3) is 8.71. The van der Waals surface area contributed by atoms with Crippen molar-refractivity contribution in [3.8, 4) is 5.75 Å². The van der Waals surface area contributed by atoms with Gasteiger partial charge >= 0.3 is 0 Å². The van der Waals surface area contributed by atoms with Crippen molar-refractivity contribution < 1.29 is 22.7 Å². The Morgan fingerprint density at radius 3 is 2.33 bits per heavy atom.